The Bertz CT molecular complexity index is 289. The molecule has 0 amide bonds. The van der Waals surface area contributed by atoms with Crippen molar-refractivity contribution in [3.63, 3.8) is 0 Å². The topological polar surface area (TPSA) is 63.6 Å². The summed E-state index contributed by atoms with van der Waals surface area (Å²) in [5.74, 6) is -2.36. The van der Waals surface area contributed by atoms with Crippen molar-refractivity contribution >= 4 is 11.8 Å². The van der Waals surface area contributed by atoms with Crippen LogP contribution in [0.5, 0.6) is 0 Å². The normalized spacial score (nSPS) is 17.9. The number of Topliss-reactive ketones (excluding diaryl/α,β-unsaturated/α-hetero) is 1. The molecule has 0 aromatic rings. The third-order valence-corrected chi connectivity index (χ3v) is 2.81. The molecule has 0 fully saturated rings. The van der Waals surface area contributed by atoms with Crippen LogP contribution in [0.1, 0.15) is 27.7 Å². The van der Waals surface area contributed by atoms with E-state index < -0.39 is 23.3 Å². The molecule has 0 heterocycles. The molecule has 0 spiro atoms. The minimum atomic E-state index is -1.72. The number of esters is 1. The third-order valence-electron chi connectivity index (χ3n) is 2.81. The van der Waals surface area contributed by atoms with E-state index >= 15 is 0 Å². The van der Waals surface area contributed by atoms with Crippen LogP contribution in [0.3, 0.4) is 0 Å². The van der Waals surface area contributed by atoms with E-state index in [-0.39, 0.29) is 0 Å². The van der Waals surface area contributed by atoms with Crippen molar-refractivity contribution in [1.29, 1.82) is 0 Å². The first-order valence-corrected chi connectivity index (χ1v) is 4.76. The van der Waals surface area contributed by atoms with Crippen LogP contribution in [0.4, 0.5) is 0 Å². The Morgan fingerprint density at radius 2 is 1.93 bits per heavy atom. The second-order valence-electron chi connectivity index (χ2n) is 3.72. The van der Waals surface area contributed by atoms with Gasteiger partial charge in [-0.3, -0.25) is 4.79 Å². The summed E-state index contributed by atoms with van der Waals surface area (Å²) in [4.78, 5) is 22.5. The van der Waals surface area contributed by atoms with E-state index in [2.05, 4.69) is 4.74 Å². The summed E-state index contributed by atoms with van der Waals surface area (Å²) in [6.45, 7) is 6.62. The molecule has 0 aromatic carbocycles. The summed E-state index contributed by atoms with van der Waals surface area (Å²) in [6, 6.07) is 0. The number of aliphatic hydroxyl groups is 1. The molecular formula is C11H18O4. The van der Waals surface area contributed by atoms with Crippen LogP contribution in [0.2, 0.25) is 0 Å². The Morgan fingerprint density at radius 1 is 1.47 bits per heavy atom. The highest BCUT2D eigenvalue weighted by atomic mass is 16.5. The van der Waals surface area contributed by atoms with Crippen LogP contribution in [-0.2, 0) is 14.3 Å². The highest BCUT2D eigenvalue weighted by Crippen LogP contribution is 2.25. The minimum absolute atomic E-state index is 0.422. The molecule has 0 unspecified atom stereocenters. The van der Waals surface area contributed by atoms with Gasteiger partial charge in [0, 0.05) is 5.92 Å². The van der Waals surface area contributed by atoms with Gasteiger partial charge in [0.15, 0.2) is 0 Å². The zero-order valence-electron chi connectivity index (χ0n) is 9.83. The van der Waals surface area contributed by atoms with Gasteiger partial charge in [0.2, 0.25) is 0 Å². The largest absolute Gasteiger partial charge is 0.463 e. The monoisotopic (exact) mass is 214 g/mol. The van der Waals surface area contributed by atoms with E-state index in [0.717, 1.165) is 12.7 Å². The molecule has 2 atom stereocenters. The van der Waals surface area contributed by atoms with E-state index in [1.54, 1.807) is 19.9 Å². The zero-order chi connectivity index (χ0) is 12.2. The average Bonchev–Trinajstić information content (AvgIpc) is 2.24. The van der Waals surface area contributed by atoms with Gasteiger partial charge in [0.05, 0.1) is 7.11 Å². The molecule has 0 radical (unpaired) electrons. The number of hydrogen-bond donors (Lipinski definition) is 1. The molecular weight excluding hydrogens is 196 g/mol. The van der Waals surface area contributed by atoms with E-state index in [1.807, 2.05) is 6.92 Å². The van der Waals surface area contributed by atoms with E-state index in [0.29, 0.717) is 0 Å². The number of ketones is 1. The Morgan fingerprint density at radius 3 is 2.27 bits per heavy atom. The van der Waals surface area contributed by atoms with Gasteiger partial charge in [-0.05, 0) is 20.8 Å². The fraction of sp³-hybridized carbons (Fsp3) is 0.636. The van der Waals surface area contributed by atoms with Gasteiger partial charge in [-0.15, -0.1) is 0 Å². The predicted molar refractivity (Wildman–Crippen MR) is 56.2 cm³/mol. The second-order valence-corrected chi connectivity index (χ2v) is 3.72. The Kier molecular flexibility index (Phi) is 4.68. The van der Waals surface area contributed by atoms with E-state index in [1.165, 1.54) is 6.92 Å². The molecule has 0 aliphatic rings. The molecule has 4 nitrogen and oxygen atoms in total. The zero-order valence-corrected chi connectivity index (χ0v) is 9.83. The molecule has 0 saturated heterocycles. The van der Waals surface area contributed by atoms with Gasteiger partial charge in [0.25, 0.3) is 5.78 Å². The van der Waals surface area contributed by atoms with Gasteiger partial charge in [-0.2, -0.15) is 0 Å². The quantitative estimate of drug-likeness (QED) is 0.432. The number of carbonyl (C=O) groups excluding carboxylic acids is 2. The molecule has 0 aliphatic heterocycles. The van der Waals surface area contributed by atoms with Crippen molar-refractivity contribution < 1.29 is 19.4 Å². The maximum Gasteiger partial charge on any atom is 0.377 e. The van der Waals surface area contributed by atoms with Gasteiger partial charge in [0.1, 0.15) is 5.60 Å². The van der Waals surface area contributed by atoms with Crippen molar-refractivity contribution in [2.75, 3.05) is 7.11 Å². The number of allylic oxidation sites excluding steroid dienone is 1. The first kappa shape index (κ1) is 13.8. The van der Waals surface area contributed by atoms with Gasteiger partial charge >= 0.3 is 5.97 Å². The number of ether oxygens (including phenoxy) is 1. The molecule has 0 aromatic heterocycles. The van der Waals surface area contributed by atoms with Crippen LogP contribution in [0.25, 0.3) is 0 Å². The lowest BCUT2D eigenvalue weighted by Crippen LogP contribution is -2.46. The first-order valence-electron chi connectivity index (χ1n) is 4.76. The molecule has 4 heteroatoms. The Labute approximate surface area is 89.9 Å². The van der Waals surface area contributed by atoms with Crippen LogP contribution < -0.4 is 0 Å². The van der Waals surface area contributed by atoms with Crippen molar-refractivity contribution in [3.05, 3.63) is 11.6 Å². The maximum absolute atomic E-state index is 11.5. The van der Waals surface area contributed by atoms with Gasteiger partial charge in [-0.1, -0.05) is 18.6 Å². The predicted octanol–water partition coefficient (Wildman–Crippen LogP) is 1.08. The summed E-state index contributed by atoms with van der Waals surface area (Å²) >= 11 is 0. The fourth-order valence-corrected chi connectivity index (χ4v) is 1.19. The number of methoxy groups -OCH3 is 1. The number of rotatable bonds is 4. The van der Waals surface area contributed by atoms with Gasteiger partial charge in [-0.25, -0.2) is 4.79 Å². The van der Waals surface area contributed by atoms with Crippen LogP contribution >= 0.6 is 0 Å². The minimum Gasteiger partial charge on any atom is -0.463 e. The summed E-state index contributed by atoms with van der Waals surface area (Å²) in [5, 5.41) is 9.96. The molecule has 0 aliphatic carbocycles. The van der Waals surface area contributed by atoms with Crippen LogP contribution in [-0.4, -0.2) is 29.6 Å². The lowest BCUT2D eigenvalue weighted by Gasteiger charge is -2.28. The smallest absolute Gasteiger partial charge is 0.377 e. The highest BCUT2D eigenvalue weighted by Gasteiger charge is 2.41. The summed E-state index contributed by atoms with van der Waals surface area (Å²) in [7, 11) is 1.11. The lowest BCUT2D eigenvalue weighted by atomic mass is 9.82. The summed E-state index contributed by atoms with van der Waals surface area (Å²) in [5.41, 5.74) is -0.874. The van der Waals surface area contributed by atoms with Crippen molar-refractivity contribution in [1.82, 2.24) is 0 Å². The maximum atomic E-state index is 11.5. The van der Waals surface area contributed by atoms with Gasteiger partial charge < -0.3 is 9.84 Å². The van der Waals surface area contributed by atoms with E-state index in [9.17, 15) is 14.7 Å². The van der Waals surface area contributed by atoms with Crippen molar-refractivity contribution in [3.8, 4) is 0 Å². The third kappa shape index (κ3) is 2.89. The number of carbonyl (C=O) groups is 2. The highest BCUT2D eigenvalue weighted by molar-refractivity contribution is 6.36. The Hall–Kier alpha value is -1.16. The molecule has 0 bridgehead atoms. The summed E-state index contributed by atoms with van der Waals surface area (Å²) < 4.78 is 4.29. The fourth-order valence-electron chi connectivity index (χ4n) is 1.19. The molecule has 15 heavy (non-hydrogen) atoms. The standard InChI is InChI=1S/C11H18O4/c1-6-7(2)8(3)11(4,14)9(12)10(13)15-5/h6,8,14H,1-5H3/b7-6+/t8-,11-/m1/s1. The SMILES string of the molecule is C/C=C(\C)[C@@H](C)[C@@](C)(O)C(=O)C(=O)OC. The van der Waals surface area contributed by atoms with Crippen LogP contribution in [0.15, 0.2) is 11.6 Å². The van der Waals surface area contributed by atoms with Crippen molar-refractivity contribution in [2.24, 2.45) is 5.92 Å². The summed E-state index contributed by atoms with van der Waals surface area (Å²) in [6.07, 6.45) is 1.80. The molecule has 1 N–H and O–H groups in total. The van der Waals surface area contributed by atoms with E-state index in [4.69, 9.17) is 0 Å². The van der Waals surface area contributed by atoms with Crippen LogP contribution in [0, 0.1) is 5.92 Å². The molecule has 86 valence electrons. The average molecular weight is 214 g/mol. The molecule has 0 rings (SSSR count). The second kappa shape index (κ2) is 5.07. The lowest BCUT2D eigenvalue weighted by molar-refractivity contribution is -0.162. The first-order chi connectivity index (χ1) is 6.78. The number of hydrogen-bond acceptors (Lipinski definition) is 4. The Balaban J connectivity index is 4.97. The molecule has 0 saturated carbocycles. The van der Waals surface area contributed by atoms with Crippen molar-refractivity contribution in [2.45, 2.75) is 33.3 Å².